The Morgan fingerprint density at radius 1 is 1.64 bits per heavy atom. The van der Waals surface area contributed by atoms with Crippen molar-refractivity contribution in [1.82, 2.24) is 9.78 Å². The molecule has 6 heteroatoms. The largest absolute Gasteiger partial charge is 0.383 e. The van der Waals surface area contributed by atoms with Crippen LogP contribution in [0.25, 0.3) is 0 Å². The van der Waals surface area contributed by atoms with Gasteiger partial charge < -0.3 is 5.73 Å². The average Bonchev–Trinajstić information content (AvgIpc) is 2.68. The lowest BCUT2D eigenvalue weighted by Crippen LogP contribution is -2.04. The highest BCUT2D eigenvalue weighted by Crippen LogP contribution is 2.25. The van der Waals surface area contributed by atoms with Crippen LogP contribution in [0.5, 0.6) is 0 Å². The van der Waals surface area contributed by atoms with E-state index in [4.69, 9.17) is 17.3 Å². The minimum atomic E-state index is 0.619. The van der Waals surface area contributed by atoms with Gasteiger partial charge >= 0.3 is 0 Å². The number of rotatable bonds is 2. The minimum absolute atomic E-state index is 0.619. The van der Waals surface area contributed by atoms with Crippen molar-refractivity contribution in [2.24, 2.45) is 0 Å². The third kappa shape index (κ3) is 1.80. The summed E-state index contributed by atoms with van der Waals surface area (Å²) in [6.45, 7) is 0.619. The van der Waals surface area contributed by atoms with Crippen LogP contribution < -0.4 is 5.73 Å². The van der Waals surface area contributed by atoms with Crippen LogP contribution in [0.2, 0.25) is 5.02 Å². The Morgan fingerprint density at radius 3 is 2.93 bits per heavy atom. The lowest BCUT2D eigenvalue weighted by Gasteiger charge is -2.02. The minimum Gasteiger partial charge on any atom is -0.383 e. The summed E-state index contributed by atoms with van der Waals surface area (Å²) < 4.78 is 2.52. The van der Waals surface area contributed by atoms with Crippen molar-refractivity contribution in [3.05, 3.63) is 32.0 Å². The highest BCUT2D eigenvalue weighted by Gasteiger charge is 2.07. The molecule has 14 heavy (non-hydrogen) atoms. The van der Waals surface area contributed by atoms with Gasteiger partial charge in [0.1, 0.15) is 5.82 Å². The molecule has 0 aromatic carbocycles. The molecule has 0 atom stereocenters. The topological polar surface area (TPSA) is 43.8 Å². The van der Waals surface area contributed by atoms with Crippen molar-refractivity contribution in [3.8, 4) is 0 Å². The Labute approximate surface area is 98.6 Å². The van der Waals surface area contributed by atoms with Crippen molar-refractivity contribution >= 4 is 44.7 Å². The lowest BCUT2D eigenvalue weighted by atomic mass is 10.4. The number of nitrogen functional groups attached to an aromatic ring is 1. The summed E-state index contributed by atoms with van der Waals surface area (Å²) in [4.78, 5) is 1.06. The van der Waals surface area contributed by atoms with Gasteiger partial charge in [-0.05, 0) is 27.4 Å². The first-order valence-electron chi connectivity index (χ1n) is 3.87. The van der Waals surface area contributed by atoms with Gasteiger partial charge in [-0.25, -0.2) is 4.68 Å². The van der Waals surface area contributed by atoms with Crippen LogP contribution in [0.4, 0.5) is 5.82 Å². The van der Waals surface area contributed by atoms with Crippen molar-refractivity contribution in [1.29, 1.82) is 0 Å². The van der Waals surface area contributed by atoms with E-state index < -0.39 is 0 Å². The standard InChI is InChI=1S/C8H7BrClN3S/c9-5-3-12-13(8(5)11)4-7-6(10)1-2-14-7/h1-3H,4,11H2. The van der Waals surface area contributed by atoms with Gasteiger partial charge in [-0.3, -0.25) is 0 Å². The maximum atomic E-state index is 5.97. The van der Waals surface area contributed by atoms with Crippen LogP contribution >= 0.6 is 38.9 Å². The fourth-order valence-corrected chi connectivity index (χ4v) is 2.45. The number of halogens is 2. The van der Waals surface area contributed by atoms with E-state index in [2.05, 4.69) is 21.0 Å². The zero-order chi connectivity index (χ0) is 10.1. The highest BCUT2D eigenvalue weighted by molar-refractivity contribution is 9.10. The second-order valence-electron chi connectivity index (χ2n) is 2.73. The van der Waals surface area contributed by atoms with Gasteiger partial charge in [-0.15, -0.1) is 11.3 Å². The molecule has 2 aromatic rings. The molecule has 2 heterocycles. The second kappa shape index (κ2) is 3.92. The van der Waals surface area contributed by atoms with Gasteiger partial charge in [-0.1, -0.05) is 11.6 Å². The first-order valence-corrected chi connectivity index (χ1v) is 5.92. The summed E-state index contributed by atoms with van der Waals surface area (Å²) in [5.41, 5.74) is 5.78. The van der Waals surface area contributed by atoms with Gasteiger partial charge in [-0.2, -0.15) is 5.10 Å². The number of anilines is 1. The number of nitrogens with zero attached hydrogens (tertiary/aromatic N) is 2. The van der Waals surface area contributed by atoms with Crippen molar-refractivity contribution in [2.75, 3.05) is 5.73 Å². The molecule has 0 aliphatic carbocycles. The van der Waals surface area contributed by atoms with E-state index >= 15 is 0 Å². The summed E-state index contributed by atoms with van der Waals surface area (Å²) in [6.07, 6.45) is 1.68. The second-order valence-corrected chi connectivity index (χ2v) is 4.99. The Hall–Kier alpha value is -0.520. The number of hydrogen-bond donors (Lipinski definition) is 1. The Morgan fingerprint density at radius 2 is 2.43 bits per heavy atom. The van der Waals surface area contributed by atoms with E-state index in [0.29, 0.717) is 12.4 Å². The van der Waals surface area contributed by atoms with Crippen molar-refractivity contribution < 1.29 is 0 Å². The van der Waals surface area contributed by atoms with Crippen LogP contribution in [0, 0.1) is 0 Å². The molecule has 0 saturated heterocycles. The molecule has 0 aliphatic rings. The van der Waals surface area contributed by atoms with E-state index in [1.54, 1.807) is 22.2 Å². The molecular weight excluding hydrogens is 286 g/mol. The summed E-state index contributed by atoms with van der Waals surface area (Å²) in [5, 5.41) is 6.84. The molecule has 2 rings (SSSR count). The molecule has 0 radical (unpaired) electrons. The molecule has 0 fully saturated rings. The van der Waals surface area contributed by atoms with E-state index in [0.717, 1.165) is 14.4 Å². The normalized spacial score (nSPS) is 10.7. The summed E-state index contributed by atoms with van der Waals surface area (Å²) in [6, 6.07) is 1.87. The van der Waals surface area contributed by atoms with Crippen molar-refractivity contribution in [2.45, 2.75) is 6.54 Å². The Balaban J connectivity index is 2.27. The summed E-state index contributed by atoms with van der Waals surface area (Å²) in [7, 11) is 0. The molecule has 2 N–H and O–H groups in total. The van der Waals surface area contributed by atoms with E-state index in [1.165, 1.54) is 0 Å². The van der Waals surface area contributed by atoms with Crippen LogP contribution in [0.3, 0.4) is 0 Å². The summed E-state index contributed by atoms with van der Waals surface area (Å²) >= 11 is 10.9. The number of nitrogens with two attached hydrogens (primary N) is 1. The monoisotopic (exact) mass is 291 g/mol. The molecule has 2 aromatic heterocycles. The van der Waals surface area contributed by atoms with Gasteiger partial charge in [0.2, 0.25) is 0 Å². The predicted octanol–water partition coefficient (Wildman–Crippen LogP) is 2.99. The molecular formula is C8H7BrClN3S. The zero-order valence-electron chi connectivity index (χ0n) is 7.08. The fraction of sp³-hybridized carbons (Fsp3) is 0.125. The van der Waals surface area contributed by atoms with Crippen molar-refractivity contribution in [3.63, 3.8) is 0 Å². The average molecular weight is 293 g/mol. The molecule has 0 spiro atoms. The molecule has 0 bridgehead atoms. The zero-order valence-corrected chi connectivity index (χ0v) is 10.2. The van der Waals surface area contributed by atoms with E-state index in [9.17, 15) is 0 Å². The van der Waals surface area contributed by atoms with E-state index in [-0.39, 0.29) is 0 Å². The Bertz CT molecular complexity index is 451. The highest BCUT2D eigenvalue weighted by atomic mass is 79.9. The van der Waals surface area contributed by atoms with Gasteiger partial charge in [0.15, 0.2) is 0 Å². The maximum Gasteiger partial charge on any atom is 0.136 e. The molecule has 0 saturated carbocycles. The van der Waals surface area contributed by atoms with Gasteiger partial charge in [0.05, 0.1) is 22.2 Å². The SMILES string of the molecule is Nc1c(Br)cnn1Cc1sccc1Cl. The fourth-order valence-electron chi connectivity index (χ4n) is 1.07. The lowest BCUT2D eigenvalue weighted by molar-refractivity contribution is 0.705. The molecule has 0 amide bonds. The molecule has 0 aliphatic heterocycles. The first-order chi connectivity index (χ1) is 6.68. The molecule has 74 valence electrons. The van der Waals surface area contributed by atoms with Crippen LogP contribution in [0.15, 0.2) is 22.1 Å². The summed E-state index contributed by atoms with van der Waals surface area (Å²) in [5.74, 6) is 0.620. The van der Waals surface area contributed by atoms with Crippen LogP contribution in [0.1, 0.15) is 4.88 Å². The first kappa shape index (κ1) is 10.0. The number of hydrogen-bond acceptors (Lipinski definition) is 3. The van der Waals surface area contributed by atoms with E-state index in [1.807, 2.05) is 11.4 Å². The number of aromatic nitrogens is 2. The van der Waals surface area contributed by atoms with Gasteiger partial charge in [0.25, 0.3) is 0 Å². The van der Waals surface area contributed by atoms with Gasteiger partial charge in [0, 0.05) is 4.88 Å². The quantitative estimate of drug-likeness (QED) is 0.925. The third-order valence-electron chi connectivity index (χ3n) is 1.82. The predicted molar refractivity (Wildman–Crippen MR) is 62.8 cm³/mol. The molecule has 3 nitrogen and oxygen atoms in total. The Kier molecular flexibility index (Phi) is 2.80. The van der Waals surface area contributed by atoms with Crippen LogP contribution in [-0.2, 0) is 6.54 Å². The number of thiophene rings is 1. The molecule has 0 unspecified atom stereocenters. The third-order valence-corrected chi connectivity index (χ3v) is 3.80. The maximum absolute atomic E-state index is 5.97. The smallest absolute Gasteiger partial charge is 0.136 e. The van der Waals surface area contributed by atoms with Crippen LogP contribution in [-0.4, -0.2) is 9.78 Å².